The van der Waals surface area contributed by atoms with Crippen LogP contribution in [0.15, 0.2) is 41.2 Å². The maximum absolute atomic E-state index is 11.9. The van der Waals surface area contributed by atoms with Crippen LogP contribution in [0.5, 0.6) is 0 Å². The number of pyridine rings is 1. The molecule has 0 unspecified atom stereocenters. The van der Waals surface area contributed by atoms with E-state index in [9.17, 15) is 9.59 Å². The van der Waals surface area contributed by atoms with Gasteiger partial charge in [-0.15, -0.1) is 11.3 Å². The molecule has 8 nitrogen and oxygen atoms in total. The van der Waals surface area contributed by atoms with Gasteiger partial charge in [-0.2, -0.15) is 4.98 Å². The Morgan fingerprint density at radius 3 is 2.78 bits per heavy atom. The van der Waals surface area contributed by atoms with Crippen LogP contribution >= 0.6 is 11.3 Å². The topological polar surface area (TPSA) is 118 Å². The Labute approximate surface area is 133 Å². The molecule has 0 bridgehead atoms. The first kappa shape index (κ1) is 14.9. The zero-order chi connectivity index (χ0) is 16.2. The van der Waals surface area contributed by atoms with E-state index in [1.807, 2.05) is 0 Å². The van der Waals surface area contributed by atoms with Gasteiger partial charge >= 0.3 is 5.97 Å². The predicted molar refractivity (Wildman–Crippen MR) is 80.0 cm³/mol. The van der Waals surface area contributed by atoms with E-state index in [0.717, 1.165) is 11.3 Å². The van der Waals surface area contributed by atoms with Crippen molar-refractivity contribution in [1.82, 2.24) is 20.4 Å². The van der Waals surface area contributed by atoms with Gasteiger partial charge in [0.2, 0.25) is 11.7 Å². The molecule has 9 heteroatoms. The monoisotopic (exact) mass is 330 g/mol. The van der Waals surface area contributed by atoms with E-state index in [1.54, 1.807) is 24.5 Å². The van der Waals surface area contributed by atoms with Gasteiger partial charge in [0, 0.05) is 18.0 Å². The van der Waals surface area contributed by atoms with Gasteiger partial charge in [-0.3, -0.25) is 9.78 Å². The van der Waals surface area contributed by atoms with Gasteiger partial charge in [0.05, 0.1) is 11.4 Å². The lowest BCUT2D eigenvalue weighted by Crippen LogP contribution is -2.21. The molecule has 0 saturated carbocycles. The smallest absolute Gasteiger partial charge is 0.345 e. The van der Waals surface area contributed by atoms with Crippen LogP contribution in [0.25, 0.3) is 11.4 Å². The van der Waals surface area contributed by atoms with Crippen LogP contribution in [0.2, 0.25) is 0 Å². The number of carboxylic acids is 1. The quantitative estimate of drug-likeness (QED) is 0.732. The van der Waals surface area contributed by atoms with E-state index in [2.05, 4.69) is 20.4 Å². The van der Waals surface area contributed by atoms with Crippen molar-refractivity contribution in [3.05, 3.63) is 52.3 Å². The summed E-state index contributed by atoms with van der Waals surface area (Å²) in [6.07, 6.45) is 3.24. The van der Waals surface area contributed by atoms with Crippen LogP contribution < -0.4 is 5.32 Å². The minimum Gasteiger partial charge on any atom is -0.477 e. The number of hydrogen-bond donors (Lipinski definition) is 2. The van der Waals surface area contributed by atoms with Gasteiger partial charge in [-0.1, -0.05) is 5.16 Å². The largest absolute Gasteiger partial charge is 0.477 e. The molecule has 23 heavy (non-hydrogen) atoms. The van der Waals surface area contributed by atoms with Crippen LogP contribution in [-0.4, -0.2) is 32.1 Å². The SMILES string of the molecule is O=C(O)c1ccc(C(=O)NCc2nc(-c3cccnc3)no2)s1. The van der Waals surface area contributed by atoms with Crippen LogP contribution in [0, 0.1) is 0 Å². The summed E-state index contributed by atoms with van der Waals surface area (Å²) >= 11 is 0.900. The Morgan fingerprint density at radius 2 is 2.09 bits per heavy atom. The molecule has 0 atom stereocenters. The van der Waals surface area contributed by atoms with Crippen LogP contribution in [0.3, 0.4) is 0 Å². The van der Waals surface area contributed by atoms with Gasteiger partial charge in [-0.25, -0.2) is 4.79 Å². The molecule has 0 saturated heterocycles. The van der Waals surface area contributed by atoms with Crippen molar-refractivity contribution in [2.75, 3.05) is 0 Å². The number of carboxylic acid groups (broad SMARTS) is 1. The molecule has 0 radical (unpaired) electrons. The number of carbonyl (C=O) groups is 2. The molecule has 0 aliphatic heterocycles. The molecule has 3 heterocycles. The fourth-order valence-electron chi connectivity index (χ4n) is 1.76. The minimum absolute atomic E-state index is 0.0480. The van der Waals surface area contributed by atoms with Crippen molar-refractivity contribution in [2.45, 2.75) is 6.54 Å². The summed E-state index contributed by atoms with van der Waals surface area (Å²) in [5.74, 6) is -0.838. The van der Waals surface area contributed by atoms with Crippen LogP contribution in [0.1, 0.15) is 25.2 Å². The van der Waals surface area contributed by atoms with Crippen LogP contribution in [-0.2, 0) is 6.54 Å². The first-order valence-electron chi connectivity index (χ1n) is 6.48. The summed E-state index contributed by atoms with van der Waals surface area (Å²) in [5.41, 5.74) is 0.707. The van der Waals surface area contributed by atoms with Gasteiger partial charge in [0.25, 0.3) is 5.91 Å². The lowest BCUT2D eigenvalue weighted by atomic mass is 10.3. The Bertz CT molecular complexity index is 843. The van der Waals surface area contributed by atoms with Crippen LogP contribution in [0.4, 0.5) is 0 Å². The molecule has 0 spiro atoms. The molecule has 0 fully saturated rings. The number of aromatic nitrogens is 3. The van der Waals surface area contributed by atoms with Crippen molar-refractivity contribution >= 4 is 23.2 Å². The van der Waals surface area contributed by atoms with Crippen molar-refractivity contribution < 1.29 is 19.2 Å². The maximum Gasteiger partial charge on any atom is 0.345 e. The summed E-state index contributed by atoms with van der Waals surface area (Å²) in [4.78, 5) is 31.3. The third kappa shape index (κ3) is 3.40. The van der Waals surface area contributed by atoms with Gasteiger partial charge < -0.3 is 14.9 Å². The molecule has 3 rings (SSSR count). The van der Waals surface area contributed by atoms with Gasteiger partial charge in [0.1, 0.15) is 4.88 Å². The molecule has 1 amide bonds. The minimum atomic E-state index is -1.06. The zero-order valence-electron chi connectivity index (χ0n) is 11.6. The van der Waals surface area contributed by atoms with Crippen molar-refractivity contribution in [3.63, 3.8) is 0 Å². The second-order valence-electron chi connectivity index (χ2n) is 4.41. The molecule has 0 aliphatic rings. The molecule has 116 valence electrons. The van der Waals surface area contributed by atoms with Crippen molar-refractivity contribution in [1.29, 1.82) is 0 Å². The third-order valence-electron chi connectivity index (χ3n) is 2.83. The molecule has 3 aromatic heterocycles. The first-order valence-corrected chi connectivity index (χ1v) is 7.29. The fourth-order valence-corrected chi connectivity index (χ4v) is 2.52. The Kier molecular flexibility index (Phi) is 4.11. The van der Waals surface area contributed by atoms with E-state index in [-0.39, 0.29) is 17.3 Å². The average molecular weight is 330 g/mol. The van der Waals surface area contributed by atoms with Gasteiger partial charge in [0.15, 0.2) is 0 Å². The van der Waals surface area contributed by atoms with Crippen molar-refractivity contribution in [3.8, 4) is 11.4 Å². The number of thiophene rings is 1. The highest BCUT2D eigenvalue weighted by Crippen LogP contribution is 2.17. The molecule has 0 aromatic carbocycles. The summed E-state index contributed by atoms with van der Waals surface area (Å²) in [6, 6.07) is 6.39. The van der Waals surface area contributed by atoms with E-state index >= 15 is 0 Å². The number of aromatic carboxylic acids is 1. The zero-order valence-corrected chi connectivity index (χ0v) is 12.4. The Hall–Kier alpha value is -3.07. The summed E-state index contributed by atoms with van der Waals surface area (Å²) in [5, 5.41) is 15.3. The fraction of sp³-hybridized carbons (Fsp3) is 0.0714. The maximum atomic E-state index is 11.9. The lowest BCUT2D eigenvalue weighted by Gasteiger charge is -1.98. The number of amides is 1. The van der Waals surface area contributed by atoms with E-state index in [1.165, 1.54) is 12.1 Å². The standard InChI is InChI=1S/C14H10N4O4S/c19-13(9-3-4-10(23-9)14(20)21)16-7-11-17-12(18-22-11)8-2-1-5-15-6-8/h1-6H,7H2,(H,16,19)(H,20,21). The third-order valence-corrected chi connectivity index (χ3v) is 3.90. The summed E-state index contributed by atoms with van der Waals surface area (Å²) in [6.45, 7) is 0.0480. The number of hydrogen-bond acceptors (Lipinski definition) is 7. The van der Waals surface area contributed by atoms with Crippen molar-refractivity contribution in [2.24, 2.45) is 0 Å². The summed E-state index contributed by atoms with van der Waals surface area (Å²) < 4.78 is 5.05. The second kappa shape index (κ2) is 6.36. The van der Waals surface area contributed by atoms with E-state index in [4.69, 9.17) is 9.63 Å². The molecular formula is C14H10N4O4S. The number of rotatable bonds is 5. The summed E-state index contributed by atoms with van der Waals surface area (Å²) in [7, 11) is 0. The average Bonchev–Trinajstić information content (AvgIpc) is 3.23. The highest BCUT2D eigenvalue weighted by molar-refractivity contribution is 7.15. The predicted octanol–water partition coefficient (Wildman–Crippen LogP) is 1.82. The number of carbonyl (C=O) groups excluding carboxylic acids is 1. The number of nitrogens with one attached hydrogen (secondary N) is 1. The highest BCUT2D eigenvalue weighted by atomic mass is 32.1. The Morgan fingerprint density at radius 1 is 1.26 bits per heavy atom. The highest BCUT2D eigenvalue weighted by Gasteiger charge is 2.14. The van der Waals surface area contributed by atoms with Gasteiger partial charge in [-0.05, 0) is 24.3 Å². The van der Waals surface area contributed by atoms with E-state index < -0.39 is 11.9 Å². The molecule has 0 aliphatic carbocycles. The lowest BCUT2D eigenvalue weighted by molar-refractivity contribution is 0.0702. The Balaban J connectivity index is 1.63. The second-order valence-corrected chi connectivity index (χ2v) is 5.49. The molecule has 2 N–H and O–H groups in total. The van der Waals surface area contributed by atoms with E-state index in [0.29, 0.717) is 16.3 Å². The first-order chi connectivity index (χ1) is 11.1. The normalized spacial score (nSPS) is 10.4. The molecule has 3 aromatic rings. The molecular weight excluding hydrogens is 320 g/mol. The number of nitrogens with zero attached hydrogens (tertiary/aromatic N) is 3.